The summed E-state index contributed by atoms with van der Waals surface area (Å²) in [6.07, 6.45) is 2.02. The van der Waals surface area contributed by atoms with Gasteiger partial charge in [-0.05, 0) is 6.26 Å². The third-order valence-corrected chi connectivity index (χ3v) is 1.50. The van der Waals surface area contributed by atoms with E-state index >= 15 is 0 Å². The minimum absolute atomic E-state index is 0. The largest absolute Gasteiger partial charge is 0.412 e. The Morgan fingerprint density at radius 1 is 1.67 bits per heavy atom. The Morgan fingerprint density at radius 3 is 2.56 bits per heavy atom. The van der Waals surface area contributed by atoms with Gasteiger partial charge in [0.1, 0.15) is 0 Å². The zero-order valence-corrected chi connectivity index (χ0v) is 8.32. The molecule has 5 heteroatoms. The molecule has 1 aliphatic rings. The molecule has 0 aromatic heterocycles. The van der Waals surface area contributed by atoms with Gasteiger partial charge in [-0.25, -0.2) is 0 Å². The van der Waals surface area contributed by atoms with E-state index in [9.17, 15) is 0 Å². The van der Waals surface area contributed by atoms with E-state index in [-0.39, 0.29) is 29.5 Å². The van der Waals surface area contributed by atoms with Gasteiger partial charge in [-0.2, -0.15) is 0 Å². The summed E-state index contributed by atoms with van der Waals surface area (Å²) in [6, 6.07) is 0. The molecule has 0 spiro atoms. The van der Waals surface area contributed by atoms with E-state index in [1.165, 1.54) is 0 Å². The lowest BCUT2D eigenvalue weighted by molar-refractivity contribution is 0.824. The molecule has 3 nitrogen and oxygen atoms in total. The molecule has 0 fully saturated rings. The van der Waals surface area contributed by atoms with E-state index in [0.717, 1.165) is 18.3 Å². The van der Waals surface area contributed by atoms with Crippen molar-refractivity contribution >= 4 is 40.9 Å². The highest BCUT2D eigenvalue weighted by atomic mass is 127. The first kappa shape index (κ1) is 12.2. The third kappa shape index (κ3) is 3.99. The fourth-order valence-electron chi connectivity index (χ4n) is 0.513. The van der Waals surface area contributed by atoms with E-state index in [4.69, 9.17) is 0 Å². The van der Waals surface area contributed by atoms with Crippen LogP contribution >= 0.6 is 35.7 Å². The van der Waals surface area contributed by atoms with Crippen LogP contribution in [-0.4, -0.2) is 30.0 Å². The molecular formula is C4H11IN2OS. The summed E-state index contributed by atoms with van der Waals surface area (Å²) in [4.78, 5) is 4.12. The Kier molecular flexibility index (Phi) is 8.99. The summed E-state index contributed by atoms with van der Waals surface area (Å²) >= 11 is 1.67. The predicted molar refractivity (Wildman–Crippen MR) is 52.8 cm³/mol. The monoisotopic (exact) mass is 262 g/mol. The van der Waals surface area contributed by atoms with Crippen molar-refractivity contribution in [3.8, 4) is 0 Å². The second-order valence-electron chi connectivity index (χ2n) is 1.32. The van der Waals surface area contributed by atoms with Crippen LogP contribution in [0.2, 0.25) is 0 Å². The minimum Gasteiger partial charge on any atom is -0.412 e. The standard InChI is InChI=1S/C4H8N2S.HI.H2O/c1-7-4-5-2-3-6-4;;/h2-3H2,1H3,(H,5,6);1H;1H2. The maximum atomic E-state index is 4.12. The zero-order chi connectivity index (χ0) is 5.11. The van der Waals surface area contributed by atoms with Crippen molar-refractivity contribution in [2.75, 3.05) is 19.3 Å². The summed E-state index contributed by atoms with van der Waals surface area (Å²) in [6.45, 7) is 1.98. The SMILES string of the molecule is CSC1=NCCN1.I.O. The third-order valence-electron chi connectivity index (χ3n) is 0.837. The second-order valence-corrected chi connectivity index (χ2v) is 2.11. The van der Waals surface area contributed by atoms with Crippen LogP contribution in [-0.2, 0) is 0 Å². The van der Waals surface area contributed by atoms with Gasteiger partial charge in [0.2, 0.25) is 0 Å². The van der Waals surface area contributed by atoms with Crippen LogP contribution in [0.15, 0.2) is 4.99 Å². The Bertz CT molecular complexity index is 98.6. The molecule has 1 heterocycles. The highest BCUT2D eigenvalue weighted by Gasteiger charge is 1.99. The molecule has 0 radical (unpaired) electrons. The highest BCUT2D eigenvalue weighted by Crippen LogP contribution is 1.97. The summed E-state index contributed by atoms with van der Waals surface area (Å²) in [5, 5.41) is 4.20. The average molecular weight is 262 g/mol. The van der Waals surface area contributed by atoms with Crippen LogP contribution in [0.4, 0.5) is 0 Å². The molecule has 0 saturated heterocycles. The lowest BCUT2D eigenvalue weighted by Gasteiger charge is -1.91. The summed E-state index contributed by atoms with van der Waals surface area (Å²) < 4.78 is 0. The van der Waals surface area contributed by atoms with Crippen molar-refractivity contribution < 1.29 is 5.48 Å². The molecule has 0 amide bonds. The normalized spacial score (nSPS) is 14.6. The van der Waals surface area contributed by atoms with E-state index < -0.39 is 0 Å². The number of nitrogens with one attached hydrogen (secondary N) is 1. The van der Waals surface area contributed by atoms with Crippen LogP contribution < -0.4 is 5.32 Å². The minimum atomic E-state index is 0. The number of rotatable bonds is 0. The number of aliphatic imine (C=N–C) groups is 1. The van der Waals surface area contributed by atoms with Crippen molar-refractivity contribution in [1.82, 2.24) is 5.32 Å². The van der Waals surface area contributed by atoms with Gasteiger partial charge < -0.3 is 10.8 Å². The first-order valence-corrected chi connectivity index (χ1v) is 3.48. The van der Waals surface area contributed by atoms with Gasteiger partial charge >= 0.3 is 0 Å². The number of hydrogen-bond acceptors (Lipinski definition) is 3. The first-order chi connectivity index (χ1) is 3.43. The highest BCUT2D eigenvalue weighted by molar-refractivity contribution is 14.0. The quantitative estimate of drug-likeness (QED) is 0.629. The summed E-state index contributed by atoms with van der Waals surface area (Å²) in [7, 11) is 0. The fourth-order valence-corrected chi connectivity index (χ4v) is 0.980. The average Bonchev–Trinajstić information content (AvgIpc) is 2.14. The van der Waals surface area contributed by atoms with Gasteiger partial charge in [0.15, 0.2) is 5.17 Å². The van der Waals surface area contributed by atoms with Gasteiger partial charge in [0, 0.05) is 6.54 Å². The molecule has 3 N–H and O–H groups in total. The fraction of sp³-hybridized carbons (Fsp3) is 0.750. The van der Waals surface area contributed by atoms with Gasteiger partial charge in [0.05, 0.1) is 6.54 Å². The molecule has 0 aromatic rings. The molecule has 9 heavy (non-hydrogen) atoms. The molecule has 0 aromatic carbocycles. The smallest absolute Gasteiger partial charge is 0.156 e. The summed E-state index contributed by atoms with van der Waals surface area (Å²) in [5.74, 6) is 0. The van der Waals surface area contributed by atoms with Crippen LogP contribution in [0.1, 0.15) is 0 Å². The Hall–Kier alpha value is 0.510. The molecule has 0 unspecified atom stereocenters. The maximum absolute atomic E-state index is 4.12. The van der Waals surface area contributed by atoms with E-state index in [1.54, 1.807) is 11.8 Å². The van der Waals surface area contributed by atoms with Gasteiger partial charge in [-0.15, -0.1) is 24.0 Å². The van der Waals surface area contributed by atoms with Gasteiger partial charge in [-0.1, -0.05) is 11.8 Å². The Balaban J connectivity index is 0. The van der Waals surface area contributed by atoms with Gasteiger partial charge in [0.25, 0.3) is 0 Å². The van der Waals surface area contributed by atoms with Crippen molar-refractivity contribution in [3.05, 3.63) is 0 Å². The molecular weight excluding hydrogens is 251 g/mol. The number of hydrogen-bond donors (Lipinski definition) is 1. The Morgan fingerprint density at radius 2 is 2.33 bits per heavy atom. The van der Waals surface area contributed by atoms with Crippen molar-refractivity contribution in [2.24, 2.45) is 4.99 Å². The summed E-state index contributed by atoms with van der Waals surface area (Å²) in [5.41, 5.74) is 0. The van der Waals surface area contributed by atoms with Gasteiger partial charge in [-0.3, -0.25) is 4.99 Å². The lowest BCUT2D eigenvalue weighted by atomic mass is 10.7. The van der Waals surface area contributed by atoms with Crippen LogP contribution in [0.5, 0.6) is 0 Å². The van der Waals surface area contributed by atoms with Crippen molar-refractivity contribution in [2.45, 2.75) is 0 Å². The zero-order valence-electron chi connectivity index (χ0n) is 5.18. The number of thioether (sulfide) groups is 1. The molecule has 0 atom stereocenters. The predicted octanol–water partition coefficient (Wildman–Crippen LogP) is 0.102. The van der Waals surface area contributed by atoms with Crippen molar-refractivity contribution in [1.29, 1.82) is 0 Å². The number of nitrogens with zero attached hydrogens (tertiary/aromatic N) is 1. The maximum Gasteiger partial charge on any atom is 0.156 e. The number of halogens is 1. The van der Waals surface area contributed by atoms with E-state index in [2.05, 4.69) is 10.3 Å². The van der Waals surface area contributed by atoms with Crippen LogP contribution in [0.25, 0.3) is 0 Å². The van der Waals surface area contributed by atoms with Crippen LogP contribution in [0, 0.1) is 0 Å². The molecule has 0 aliphatic carbocycles. The second kappa shape index (κ2) is 6.63. The molecule has 1 rings (SSSR count). The van der Waals surface area contributed by atoms with Crippen LogP contribution in [0.3, 0.4) is 0 Å². The van der Waals surface area contributed by atoms with E-state index in [1.807, 2.05) is 6.26 Å². The topological polar surface area (TPSA) is 55.9 Å². The molecule has 0 saturated carbocycles. The molecule has 1 aliphatic heterocycles. The van der Waals surface area contributed by atoms with Crippen molar-refractivity contribution in [3.63, 3.8) is 0 Å². The first-order valence-electron chi connectivity index (χ1n) is 2.26. The van der Waals surface area contributed by atoms with E-state index in [0.29, 0.717) is 0 Å². The lowest BCUT2D eigenvalue weighted by Crippen LogP contribution is -2.14. The molecule has 56 valence electrons. The Labute approximate surface area is 76.0 Å². The number of amidine groups is 1. The molecule has 0 bridgehead atoms.